The van der Waals surface area contributed by atoms with Gasteiger partial charge in [-0.05, 0) is 46.6 Å². The molecule has 2 atom stereocenters. The van der Waals surface area contributed by atoms with Crippen LogP contribution in [0.1, 0.15) is 39.5 Å². The van der Waals surface area contributed by atoms with Crippen molar-refractivity contribution >= 4 is 0 Å². The third kappa shape index (κ3) is 2.92. The first kappa shape index (κ1) is 11.4. The smallest absolute Gasteiger partial charge is 0.0718 e. The Morgan fingerprint density at radius 3 is 2.27 bits per heavy atom. The molecule has 2 heterocycles. The minimum absolute atomic E-state index is 0.571. The van der Waals surface area contributed by atoms with Crippen molar-refractivity contribution < 1.29 is 5.11 Å². The first-order valence-electron chi connectivity index (χ1n) is 6.13. The first-order valence-corrected chi connectivity index (χ1v) is 6.13. The molecule has 0 radical (unpaired) electrons. The molecule has 0 spiro atoms. The number of rotatable bonds is 3. The second-order valence-corrected chi connectivity index (χ2v) is 5.99. The summed E-state index contributed by atoms with van der Waals surface area (Å²) in [6.07, 6.45) is 5.20. The number of nitrogens with zero attached hydrogens (tertiary/aromatic N) is 1. The van der Waals surface area contributed by atoms with Crippen molar-refractivity contribution in [1.82, 2.24) is 10.2 Å². The van der Waals surface area contributed by atoms with Crippen LogP contribution < -0.4 is 5.32 Å². The highest BCUT2D eigenvalue weighted by Gasteiger charge is 2.35. The van der Waals surface area contributed by atoms with E-state index in [0.717, 1.165) is 18.6 Å². The summed E-state index contributed by atoms with van der Waals surface area (Å²) in [6, 6.07) is 2.13. The Morgan fingerprint density at radius 2 is 1.80 bits per heavy atom. The summed E-state index contributed by atoms with van der Waals surface area (Å²) in [5.41, 5.74) is -0.571. The molecule has 2 bridgehead atoms. The van der Waals surface area contributed by atoms with Gasteiger partial charge in [0.15, 0.2) is 0 Å². The number of piperidine rings is 1. The highest BCUT2D eigenvalue weighted by atomic mass is 16.3. The predicted octanol–water partition coefficient (Wildman–Crippen LogP) is 0.972. The first-order chi connectivity index (χ1) is 6.94. The Hall–Kier alpha value is -0.120. The van der Waals surface area contributed by atoms with Crippen LogP contribution in [0, 0.1) is 0 Å². The highest BCUT2D eigenvalue weighted by Crippen LogP contribution is 2.29. The Labute approximate surface area is 92.8 Å². The van der Waals surface area contributed by atoms with Gasteiger partial charge in [-0.3, -0.25) is 0 Å². The van der Waals surface area contributed by atoms with E-state index in [0.29, 0.717) is 6.04 Å². The summed E-state index contributed by atoms with van der Waals surface area (Å²) in [6.45, 7) is 4.55. The molecule has 0 saturated carbocycles. The molecule has 3 heteroatoms. The van der Waals surface area contributed by atoms with Crippen LogP contribution in [0.4, 0.5) is 0 Å². The van der Waals surface area contributed by atoms with Gasteiger partial charge in [-0.1, -0.05) is 0 Å². The molecule has 0 aliphatic carbocycles. The quantitative estimate of drug-likeness (QED) is 0.732. The number of likely N-dealkylation sites (N-methyl/N-ethyl adjacent to an activating group) is 1. The molecule has 3 nitrogen and oxygen atoms in total. The standard InChI is InChI=1S/C12H24N2O/c1-12(2,15)8-14(3)11-6-9-4-5-10(7-11)13-9/h9-11,13,15H,4-8H2,1-3H3. The van der Waals surface area contributed by atoms with Crippen molar-refractivity contribution in [2.45, 2.75) is 63.3 Å². The van der Waals surface area contributed by atoms with Crippen molar-refractivity contribution in [3.8, 4) is 0 Å². The van der Waals surface area contributed by atoms with Crippen LogP contribution >= 0.6 is 0 Å². The molecule has 2 rings (SSSR count). The Bertz CT molecular complexity index is 212. The van der Waals surface area contributed by atoms with E-state index in [9.17, 15) is 5.11 Å². The van der Waals surface area contributed by atoms with Crippen LogP contribution in [0.25, 0.3) is 0 Å². The molecule has 0 aromatic carbocycles. The van der Waals surface area contributed by atoms with Crippen molar-refractivity contribution in [2.75, 3.05) is 13.6 Å². The average molecular weight is 212 g/mol. The van der Waals surface area contributed by atoms with Gasteiger partial charge >= 0.3 is 0 Å². The molecule has 2 aliphatic rings. The zero-order chi connectivity index (χ0) is 11.1. The van der Waals surface area contributed by atoms with Gasteiger partial charge in [0.1, 0.15) is 0 Å². The third-order valence-corrected chi connectivity index (χ3v) is 3.71. The van der Waals surface area contributed by atoms with Crippen LogP contribution in [0.2, 0.25) is 0 Å². The van der Waals surface area contributed by atoms with Crippen LogP contribution in [0.5, 0.6) is 0 Å². The van der Waals surface area contributed by atoms with Gasteiger partial charge in [-0.2, -0.15) is 0 Å². The summed E-state index contributed by atoms with van der Waals surface area (Å²) in [5, 5.41) is 13.5. The van der Waals surface area contributed by atoms with E-state index in [1.54, 1.807) is 0 Å². The van der Waals surface area contributed by atoms with E-state index in [1.165, 1.54) is 25.7 Å². The van der Waals surface area contributed by atoms with Crippen LogP contribution in [-0.4, -0.2) is 47.3 Å². The Kier molecular flexibility index (Phi) is 3.06. The van der Waals surface area contributed by atoms with Gasteiger partial charge < -0.3 is 15.3 Å². The van der Waals surface area contributed by atoms with E-state index >= 15 is 0 Å². The monoisotopic (exact) mass is 212 g/mol. The molecule has 2 fully saturated rings. The number of fused-ring (bicyclic) bond motifs is 2. The normalized spacial score (nSPS) is 36.2. The summed E-state index contributed by atoms with van der Waals surface area (Å²) < 4.78 is 0. The molecule has 0 aromatic heterocycles. The van der Waals surface area contributed by atoms with Gasteiger partial charge in [0.05, 0.1) is 5.60 Å². The van der Waals surface area contributed by atoms with Crippen LogP contribution in [0.3, 0.4) is 0 Å². The van der Waals surface area contributed by atoms with Gasteiger partial charge in [0, 0.05) is 24.7 Å². The van der Waals surface area contributed by atoms with E-state index < -0.39 is 5.60 Å². The van der Waals surface area contributed by atoms with E-state index in [1.807, 2.05) is 13.8 Å². The molecule has 0 aromatic rings. The van der Waals surface area contributed by atoms with Crippen molar-refractivity contribution in [3.05, 3.63) is 0 Å². The second kappa shape index (κ2) is 4.04. The molecule has 2 aliphatic heterocycles. The van der Waals surface area contributed by atoms with Crippen molar-refractivity contribution in [1.29, 1.82) is 0 Å². The maximum Gasteiger partial charge on any atom is 0.0718 e. The summed E-state index contributed by atoms with van der Waals surface area (Å²) >= 11 is 0. The fourth-order valence-corrected chi connectivity index (χ4v) is 3.13. The summed E-state index contributed by atoms with van der Waals surface area (Å²) in [4.78, 5) is 2.34. The topological polar surface area (TPSA) is 35.5 Å². The molecule has 0 amide bonds. The second-order valence-electron chi connectivity index (χ2n) is 5.99. The molecule has 15 heavy (non-hydrogen) atoms. The minimum Gasteiger partial charge on any atom is -0.389 e. The van der Waals surface area contributed by atoms with E-state index in [2.05, 4.69) is 17.3 Å². The Morgan fingerprint density at radius 1 is 1.27 bits per heavy atom. The summed E-state index contributed by atoms with van der Waals surface area (Å²) in [5.74, 6) is 0. The van der Waals surface area contributed by atoms with Crippen LogP contribution in [0.15, 0.2) is 0 Å². The number of nitrogens with one attached hydrogen (secondary N) is 1. The molecular weight excluding hydrogens is 188 g/mol. The van der Waals surface area contributed by atoms with Crippen molar-refractivity contribution in [2.24, 2.45) is 0 Å². The minimum atomic E-state index is -0.571. The number of hydrogen-bond acceptors (Lipinski definition) is 3. The molecule has 88 valence electrons. The van der Waals surface area contributed by atoms with Gasteiger partial charge in [0.2, 0.25) is 0 Å². The lowest BCUT2D eigenvalue weighted by atomic mass is 9.97. The largest absolute Gasteiger partial charge is 0.389 e. The van der Waals surface area contributed by atoms with Crippen LogP contribution in [-0.2, 0) is 0 Å². The van der Waals surface area contributed by atoms with E-state index in [-0.39, 0.29) is 0 Å². The summed E-state index contributed by atoms with van der Waals surface area (Å²) in [7, 11) is 2.15. The maximum atomic E-state index is 9.81. The fourth-order valence-electron chi connectivity index (χ4n) is 3.13. The molecule has 2 saturated heterocycles. The van der Waals surface area contributed by atoms with Gasteiger partial charge in [0.25, 0.3) is 0 Å². The zero-order valence-corrected chi connectivity index (χ0v) is 10.2. The van der Waals surface area contributed by atoms with E-state index in [4.69, 9.17) is 0 Å². The third-order valence-electron chi connectivity index (χ3n) is 3.71. The zero-order valence-electron chi connectivity index (χ0n) is 10.2. The van der Waals surface area contributed by atoms with Gasteiger partial charge in [-0.25, -0.2) is 0 Å². The predicted molar refractivity (Wildman–Crippen MR) is 61.9 cm³/mol. The molecule has 2 N–H and O–H groups in total. The SMILES string of the molecule is CN(CC(C)(C)O)C1CC2CCC(C1)N2. The van der Waals surface area contributed by atoms with Crippen molar-refractivity contribution in [3.63, 3.8) is 0 Å². The fraction of sp³-hybridized carbons (Fsp3) is 1.00. The number of aliphatic hydroxyl groups is 1. The lowest BCUT2D eigenvalue weighted by molar-refractivity contribution is 0.0230. The lowest BCUT2D eigenvalue weighted by Crippen LogP contribution is -2.50. The molecule has 2 unspecified atom stereocenters. The Balaban J connectivity index is 1.88. The molecular formula is C12H24N2O. The highest BCUT2D eigenvalue weighted by molar-refractivity contribution is 4.95. The average Bonchev–Trinajstić information content (AvgIpc) is 2.42. The maximum absolute atomic E-state index is 9.81. The lowest BCUT2D eigenvalue weighted by Gasteiger charge is -2.38. The number of hydrogen-bond donors (Lipinski definition) is 2. The van der Waals surface area contributed by atoms with Gasteiger partial charge in [-0.15, -0.1) is 0 Å².